The Bertz CT molecular complexity index is 839. The van der Waals surface area contributed by atoms with E-state index in [1.54, 1.807) is 0 Å². The summed E-state index contributed by atoms with van der Waals surface area (Å²) in [4.78, 5) is 0. The third-order valence-corrected chi connectivity index (χ3v) is 4.77. The van der Waals surface area contributed by atoms with Crippen molar-refractivity contribution in [1.82, 2.24) is 0 Å². The summed E-state index contributed by atoms with van der Waals surface area (Å²) in [5.74, 6) is 0. The maximum atomic E-state index is 2.33. The van der Waals surface area contributed by atoms with E-state index in [2.05, 4.69) is 93.2 Å². The Morgan fingerprint density at radius 2 is 1.46 bits per heavy atom. The SMILES string of the molecule is CCc1cc(CC)cc(-c2cc[n+](C)c(-c3ccccc3C)c2)c1. The Balaban J connectivity index is 2.14. The van der Waals surface area contributed by atoms with Crippen LogP contribution in [0.4, 0.5) is 0 Å². The molecule has 0 bridgehead atoms. The summed E-state index contributed by atoms with van der Waals surface area (Å²) in [6.07, 6.45) is 4.32. The number of hydrogen-bond donors (Lipinski definition) is 0. The van der Waals surface area contributed by atoms with Gasteiger partial charge in [-0.1, -0.05) is 50.2 Å². The van der Waals surface area contributed by atoms with Crippen molar-refractivity contribution in [2.75, 3.05) is 0 Å². The molecule has 0 unspecified atom stereocenters. The molecule has 0 N–H and O–H groups in total. The van der Waals surface area contributed by atoms with Gasteiger partial charge < -0.3 is 0 Å². The van der Waals surface area contributed by atoms with Crippen molar-refractivity contribution >= 4 is 0 Å². The number of rotatable bonds is 4. The summed E-state index contributed by atoms with van der Waals surface area (Å²) in [5.41, 5.74) is 9.29. The number of hydrogen-bond acceptors (Lipinski definition) is 0. The summed E-state index contributed by atoms with van der Waals surface area (Å²) in [7, 11) is 2.12. The Kier molecular flexibility index (Phi) is 4.80. The highest BCUT2D eigenvalue weighted by Crippen LogP contribution is 2.27. The van der Waals surface area contributed by atoms with Gasteiger partial charge in [0.1, 0.15) is 7.05 Å². The van der Waals surface area contributed by atoms with Crippen molar-refractivity contribution in [3.8, 4) is 22.4 Å². The molecule has 3 aromatic rings. The van der Waals surface area contributed by atoms with Crippen LogP contribution in [0, 0.1) is 6.92 Å². The molecule has 1 nitrogen and oxygen atoms in total. The summed E-state index contributed by atoms with van der Waals surface area (Å²) in [5, 5.41) is 0. The highest BCUT2D eigenvalue weighted by Gasteiger charge is 2.14. The maximum absolute atomic E-state index is 2.33. The smallest absolute Gasteiger partial charge is 0.201 e. The zero-order valence-corrected chi connectivity index (χ0v) is 15.1. The number of aryl methyl sites for hydroxylation is 4. The van der Waals surface area contributed by atoms with Crippen LogP contribution in [0.3, 0.4) is 0 Å². The molecule has 0 aliphatic heterocycles. The molecule has 0 aliphatic rings. The van der Waals surface area contributed by atoms with E-state index in [4.69, 9.17) is 0 Å². The third-order valence-electron chi connectivity index (χ3n) is 4.77. The van der Waals surface area contributed by atoms with Gasteiger partial charge in [0.25, 0.3) is 0 Å². The van der Waals surface area contributed by atoms with E-state index in [1.165, 1.54) is 39.1 Å². The van der Waals surface area contributed by atoms with Gasteiger partial charge in [-0.3, -0.25) is 0 Å². The van der Waals surface area contributed by atoms with Crippen molar-refractivity contribution in [3.63, 3.8) is 0 Å². The number of nitrogens with zero attached hydrogens (tertiary/aromatic N) is 1. The highest BCUT2D eigenvalue weighted by atomic mass is 14.9. The quantitative estimate of drug-likeness (QED) is 0.577. The van der Waals surface area contributed by atoms with E-state index in [0.29, 0.717) is 0 Å². The lowest BCUT2D eigenvalue weighted by atomic mass is 9.96. The summed E-state index contributed by atoms with van der Waals surface area (Å²) < 4.78 is 2.20. The number of pyridine rings is 1. The molecule has 0 spiro atoms. The fourth-order valence-corrected chi connectivity index (χ4v) is 3.21. The molecular weight excluding hydrogens is 290 g/mol. The van der Waals surface area contributed by atoms with Gasteiger partial charge in [-0.25, -0.2) is 4.57 Å². The predicted octanol–water partition coefficient (Wildman–Crippen LogP) is 5.28. The molecule has 3 rings (SSSR count). The molecule has 0 amide bonds. The predicted molar refractivity (Wildman–Crippen MR) is 102 cm³/mol. The molecule has 0 saturated carbocycles. The van der Waals surface area contributed by atoms with Crippen molar-refractivity contribution < 1.29 is 4.57 Å². The van der Waals surface area contributed by atoms with Crippen LogP contribution in [0.15, 0.2) is 60.8 Å². The molecule has 1 heterocycles. The van der Waals surface area contributed by atoms with Crippen molar-refractivity contribution in [1.29, 1.82) is 0 Å². The molecule has 0 saturated heterocycles. The van der Waals surface area contributed by atoms with E-state index in [-0.39, 0.29) is 0 Å². The molecule has 122 valence electrons. The van der Waals surface area contributed by atoms with Crippen molar-refractivity contribution in [2.24, 2.45) is 7.05 Å². The minimum atomic E-state index is 1.08. The lowest BCUT2D eigenvalue weighted by molar-refractivity contribution is -0.660. The molecule has 0 aliphatic carbocycles. The van der Waals surface area contributed by atoms with E-state index >= 15 is 0 Å². The summed E-state index contributed by atoms with van der Waals surface area (Å²) >= 11 is 0. The molecule has 1 heteroatoms. The fraction of sp³-hybridized carbons (Fsp3) is 0.261. The third kappa shape index (κ3) is 3.26. The minimum absolute atomic E-state index is 1.08. The Morgan fingerprint density at radius 1 is 0.792 bits per heavy atom. The van der Waals surface area contributed by atoms with Gasteiger partial charge in [0.05, 0.1) is 0 Å². The lowest BCUT2D eigenvalue weighted by Gasteiger charge is -2.10. The van der Waals surface area contributed by atoms with Crippen LogP contribution < -0.4 is 4.57 Å². The Morgan fingerprint density at radius 3 is 2.08 bits per heavy atom. The Labute approximate surface area is 145 Å². The van der Waals surface area contributed by atoms with E-state index in [1.807, 2.05) is 0 Å². The monoisotopic (exact) mass is 316 g/mol. The van der Waals surface area contributed by atoms with Gasteiger partial charge in [0.15, 0.2) is 6.20 Å². The first kappa shape index (κ1) is 16.4. The summed E-state index contributed by atoms with van der Waals surface area (Å²) in [6.45, 7) is 6.62. The first-order valence-electron chi connectivity index (χ1n) is 8.81. The maximum Gasteiger partial charge on any atom is 0.213 e. The number of benzene rings is 2. The average Bonchev–Trinajstić information content (AvgIpc) is 2.62. The van der Waals surface area contributed by atoms with Crippen molar-refractivity contribution in [2.45, 2.75) is 33.6 Å². The van der Waals surface area contributed by atoms with E-state index in [0.717, 1.165) is 12.8 Å². The van der Waals surface area contributed by atoms with Crippen LogP contribution in [-0.2, 0) is 19.9 Å². The zero-order valence-electron chi connectivity index (χ0n) is 15.1. The zero-order chi connectivity index (χ0) is 17.1. The second-order valence-electron chi connectivity index (χ2n) is 6.47. The van der Waals surface area contributed by atoms with Gasteiger partial charge in [-0.2, -0.15) is 0 Å². The molecule has 0 radical (unpaired) electrons. The second kappa shape index (κ2) is 7.00. The fourth-order valence-electron chi connectivity index (χ4n) is 3.21. The largest absolute Gasteiger partial charge is 0.213 e. The molecule has 2 aromatic carbocycles. The van der Waals surface area contributed by atoms with Gasteiger partial charge in [0, 0.05) is 17.7 Å². The first-order valence-corrected chi connectivity index (χ1v) is 8.81. The topological polar surface area (TPSA) is 3.88 Å². The summed E-state index contributed by atoms with van der Waals surface area (Å²) in [6, 6.07) is 20.1. The normalized spacial score (nSPS) is 10.8. The molecule has 0 atom stereocenters. The van der Waals surface area contributed by atoms with Crippen LogP contribution in [0.5, 0.6) is 0 Å². The standard InChI is InChI=1S/C23H26N/c1-5-18-13-19(6-2)15-21(14-18)20-11-12-24(4)23(16-20)22-10-8-7-9-17(22)3/h7-16H,5-6H2,1-4H3/q+1. The van der Waals surface area contributed by atoms with Crippen LogP contribution in [0.2, 0.25) is 0 Å². The molecular formula is C23H26N+. The van der Waals surface area contributed by atoms with Crippen LogP contribution >= 0.6 is 0 Å². The lowest BCUT2D eigenvalue weighted by Crippen LogP contribution is -2.30. The van der Waals surface area contributed by atoms with E-state index in [9.17, 15) is 0 Å². The number of aromatic nitrogens is 1. The van der Waals surface area contributed by atoms with Gasteiger partial charge >= 0.3 is 0 Å². The Hall–Kier alpha value is -2.41. The second-order valence-corrected chi connectivity index (χ2v) is 6.47. The van der Waals surface area contributed by atoms with Crippen LogP contribution in [-0.4, -0.2) is 0 Å². The molecule has 0 fully saturated rings. The first-order chi connectivity index (χ1) is 11.6. The average molecular weight is 316 g/mol. The highest BCUT2D eigenvalue weighted by molar-refractivity contribution is 5.71. The molecule has 1 aromatic heterocycles. The van der Waals surface area contributed by atoms with Gasteiger partial charge in [-0.05, 0) is 53.6 Å². The van der Waals surface area contributed by atoms with Crippen molar-refractivity contribution in [3.05, 3.63) is 77.5 Å². The van der Waals surface area contributed by atoms with Crippen LogP contribution in [0.25, 0.3) is 22.4 Å². The van der Waals surface area contributed by atoms with Gasteiger partial charge in [-0.15, -0.1) is 0 Å². The minimum Gasteiger partial charge on any atom is -0.201 e. The van der Waals surface area contributed by atoms with Gasteiger partial charge in [0.2, 0.25) is 5.69 Å². The molecule has 24 heavy (non-hydrogen) atoms. The van der Waals surface area contributed by atoms with E-state index < -0.39 is 0 Å². The van der Waals surface area contributed by atoms with Crippen LogP contribution in [0.1, 0.15) is 30.5 Å².